The van der Waals surface area contributed by atoms with Crippen molar-refractivity contribution in [1.82, 2.24) is 5.32 Å². The molecule has 0 spiro atoms. The van der Waals surface area contributed by atoms with Gasteiger partial charge in [-0.1, -0.05) is 6.92 Å². The van der Waals surface area contributed by atoms with Crippen molar-refractivity contribution in [2.45, 2.75) is 64.3 Å². The van der Waals surface area contributed by atoms with Crippen molar-refractivity contribution in [2.75, 3.05) is 13.2 Å². The van der Waals surface area contributed by atoms with Gasteiger partial charge in [-0.3, -0.25) is 0 Å². The van der Waals surface area contributed by atoms with Crippen molar-refractivity contribution in [3.63, 3.8) is 0 Å². The van der Waals surface area contributed by atoms with Crippen LogP contribution in [0.4, 0.5) is 0 Å². The molecule has 1 N–H and O–H groups in total. The van der Waals surface area contributed by atoms with Gasteiger partial charge in [0.2, 0.25) is 0 Å². The quantitative estimate of drug-likeness (QED) is 0.785. The number of ether oxygens (including phenoxy) is 2. The lowest BCUT2D eigenvalue weighted by molar-refractivity contribution is -0.253. The van der Waals surface area contributed by atoms with Crippen LogP contribution in [0.2, 0.25) is 0 Å². The first-order chi connectivity index (χ1) is 7.55. The Kier molecular flexibility index (Phi) is 3.88. The molecule has 0 aromatic rings. The van der Waals surface area contributed by atoms with E-state index < -0.39 is 0 Å². The molecule has 0 amide bonds. The molecule has 16 heavy (non-hydrogen) atoms. The molecule has 2 fully saturated rings. The summed E-state index contributed by atoms with van der Waals surface area (Å²) in [4.78, 5) is 0. The van der Waals surface area contributed by atoms with E-state index in [1.54, 1.807) is 0 Å². The molecule has 1 saturated carbocycles. The first kappa shape index (κ1) is 12.3. The maximum Gasteiger partial charge on any atom is 0.162 e. The van der Waals surface area contributed by atoms with Gasteiger partial charge < -0.3 is 14.8 Å². The molecule has 1 aliphatic carbocycles. The summed E-state index contributed by atoms with van der Waals surface area (Å²) in [6.45, 7) is 7.86. The number of rotatable bonds is 2. The first-order valence-corrected chi connectivity index (χ1v) is 6.59. The van der Waals surface area contributed by atoms with Gasteiger partial charge in [-0.05, 0) is 45.4 Å². The summed E-state index contributed by atoms with van der Waals surface area (Å²) in [6, 6.07) is 1.06. The van der Waals surface area contributed by atoms with Crippen LogP contribution < -0.4 is 5.32 Å². The molecule has 0 aromatic heterocycles. The fraction of sp³-hybridized carbons (Fsp3) is 1.00. The topological polar surface area (TPSA) is 30.5 Å². The number of hydrogen-bond acceptors (Lipinski definition) is 3. The van der Waals surface area contributed by atoms with E-state index in [4.69, 9.17) is 9.47 Å². The van der Waals surface area contributed by atoms with Gasteiger partial charge in [0.25, 0.3) is 0 Å². The predicted molar refractivity (Wildman–Crippen MR) is 64.3 cm³/mol. The molecule has 0 aromatic carbocycles. The highest BCUT2D eigenvalue weighted by Gasteiger charge is 2.30. The average Bonchev–Trinajstić information content (AvgIpc) is 2.24. The SMILES string of the molecule is CC1(C)OCC(N[C@H]2CC[C@H](C)CC2)CO1. The highest BCUT2D eigenvalue weighted by Crippen LogP contribution is 2.24. The Morgan fingerprint density at radius 3 is 2.06 bits per heavy atom. The summed E-state index contributed by atoms with van der Waals surface area (Å²) in [5.74, 6) is 0.523. The number of nitrogens with one attached hydrogen (secondary N) is 1. The fourth-order valence-electron chi connectivity index (χ4n) is 2.55. The second-order valence-corrected chi connectivity index (χ2v) is 5.84. The molecule has 1 saturated heterocycles. The normalized spacial score (nSPS) is 36.2. The lowest BCUT2D eigenvalue weighted by atomic mass is 9.87. The summed E-state index contributed by atoms with van der Waals surface area (Å²) in [5.41, 5.74) is 0. The van der Waals surface area contributed by atoms with E-state index in [0.29, 0.717) is 12.1 Å². The minimum atomic E-state index is -0.390. The van der Waals surface area contributed by atoms with Crippen molar-refractivity contribution < 1.29 is 9.47 Å². The van der Waals surface area contributed by atoms with Crippen LogP contribution >= 0.6 is 0 Å². The highest BCUT2D eigenvalue weighted by molar-refractivity contribution is 4.81. The third kappa shape index (κ3) is 3.44. The summed E-state index contributed by atoms with van der Waals surface area (Å²) in [5, 5.41) is 3.67. The first-order valence-electron chi connectivity index (χ1n) is 6.59. The van der Waals surface area contributed by atoms with Crippen molar-refractivity contribution >= 4 is 0 Å². The summed E-state index contributed by atoms with van der Waals surface area (Å²) in [7, 11) is 0. The zero-order valence-electron chi connectivity index (χ0n) is 10.8. The Labute approximate surface area is 98.9 Å². The molecular weight excluding hydrogens is 202 g/mol. The zero-order chi connectivity index (χ0) is 11.6. The van der Waals surface area contributed by atoms with Gasteiger partial charge in [0.1, 0.15) is 0 Å². The lowest BCUT2D eigenvalue weighted by Gasteiger charge is -2.38. The van der Waals surface area contributed by atoms with Gasteiger partial charge in [-0.2, -0.15) is 0 Å². The van der Waals surface area contributed by atoms with Crippen LogP contribution in [0.5, 0.6) is 0 Å². The van der Waals surface area contributed by atoms with Gasteiger partial charge in [-0.15, -0.1) is 0 Å². The Balaban J connectivity index is 1.71. The number of hydrogen-bond donors (Lipinski definition) is 1. The maximum absolute atomic E-state index is 5.66. The molecule has 1 heterocycles. The highest BCUT2D eigenvalue weighted by atomic mass is 16.7. The molecule has 0 atom stereocenters. The van der Waals surface area contributed by atoms with Gasteiger partial charge in [-0.25, -0.2) is 0 Å². The van der Waals surface area contributed by atoms with E-state index >= 15 is 0 Å². The third-order valence-corrected chi connectivity index (χ3v) is 3.75. The van der Waals surface area contributed by atoms with E-state index in [9.17, 15) is 0 Å². The molecule has 3 heteroatoms. The zero-order valence-corrected chi connectivity index (χ0v) is 10.8. The monoisotopic (exact) mass is 227 g/mol. The van der Waals surface area contributed by atoms with Gasteiger partial charge in [0.05, 0.1) is 19.3 Å². The second-order valence-electron chi connectivity index (χ2n) is 5.84. The molecule has 0 bridgehead atoms. The molecule has 0 radical (unpaired) electrons. The van der Waals surface area contributed by atoms with Gasteiger partial charge in [0, 0.05) is 6.04 Å². The van der Waals surface area contributed by atoms with Crippen molar-refractivity contribution in [3.05, 3.63) is 0 Å². The summed E-state index contributed by atoms with van der Waals surface area (Å²) in [6.07, 6.45) is 5.33. The summed E-state index contributed by atoms with van der Waals surface area (Å²) < 4.78 is 11.3. The standard InChI is InChI=1S/C13H25NO2/c1-10-4-6-11(7-5-10)14-12-8-15-13(2,3)16-9-12/h10-12,14H,4-9H2,1-3H3/t10-,11-. The maximum atomic E-state index is 5.66. The van der Waals surface area contributed by atoms with E-state index in [1.807, 2.05) is 13.8 Å². The molecule has 94 valence electrons. The van der Waals surface area contributed by atoms with Crippen LogP contribution in [0.25, 0.3) is 0 Å². The van der Waals surface area contributed by atoms with Crippen LogP contribution in [0.3, 0.4) is 0 Å². The van der Waals surface area contributed by atoms with E-state index in [-0.39, 0.29) is 5.79 Å². The van der Waals surface area contributed by atoms with Crippen LogP contribution in [0, 0.1) is 5.92 Å². The van der Waals surface area contributed by atoms with Gasteiger partial charge >= 0.3 is 0 Å². The molecule has 3 nitrogen and oxygen atoms in total. The molecule has 1 aliphatic heterocycles. The van der Waals surface area contributed by atoms with Crippen LogP contribution in [-0.4, -0.2) is 31.1 Å². The predicted octanol–water partition coefficient (Wildman–Crippen LogP) is 2.31. The van der Waals surface area contributed by atoms with Crippen LogP contribution in [0.15, 0.2) is 0 Å². The summed E-state index contributed by atoms with van der Waals surface area (Å²) >= 11 is 0. The van der Waals surface area contributed by atoms with Gasteiger partial charge in [0.15, 0.2) is 5.79 Å². The van der Waals surface area contributed by atoms with E-state index in [0.717, 1.165) is 19.1 Å². The van der Waals surface area contributed by atoms with E-state index in [2.05, 4.69) is 12.2 Å². The Morgan fingerprint density at radius 2 is 1.50 bits per heavy atom. The smallest absolute Gasteiger partial charge is 0.162 e. The average molecular weight is 227 g/mol. The van der Waals surface area contributed by atoms with Crippen molar-refractivity contribution in [2.24, 2.45) is 5.92 Å². The molecular formula is C13H25NO2. The minimum absolute atomic E-state index is 0.381. The fourth-order valence-corrected chi connectivity index (χ4v) is 2.55. The van der Waals surface area contributed by atoms with Crippen molar-refractivity contribution in [1.29, 1.82) is 0 Å². The largest absolute Gasteiger partial charge is 0.349 e. The van der Waals surface area contributed by atoms with Crippen LogP contribution in [-0.2, 0) is 9.47 Å². The molecule has 2 aliphatic rings. The Bertz CT molecular complexity index is 212. The lowest BCUT2D eigenvalue weighted by Crippen LogP contribution is -2.52. The molecule has 2 rings (SSSR count). The molecule has 0 unspecified atom stereocenters. The Morgan fingerprint density at radius 1 is 0.938 bits per heavy atom. The minimum Gasteiger partial charge on any atom is -0.349 e. The van der Waals surface area contributed by atoms with Crippen molar-refractivity contribution in [3.8, 4) is 0 Å². The second kappa shape index (κ2) is 5.03. The van der Waals surface area contributed by atoms with Crippen LogP contribution in [0.1, 0.15) is 46.5 Å². The Hall–Kier alpha value is -0.120. The third-order valence-electron chi connectivity index (χ3n) is 3.75. The van der Waals surface area contributed by atoms with E-state index in [1.165, 1.54) is 25.7 Å².